The molecule has 0 fully saturated rings. The van der Waals surface area contributed by atoms with Gasteiger partial charge in [0.2, 0.25) is 0 Å². The predicted molar refractivity (Wildman–Crippen MR) is 86.0 cm³/mol. The Kier molecular flexibility index (Phi) is 7.19. The van der Waals surface area contributed by atoms with Gasteiger partial charge in [-0.05, 0) is 66.6 Å². The zero-order valence-electron chi connectivity index (χ0n) is 11.7. The second kappa shape index (κ2) is 8.12. The third-order valence-corrected chi connectivity index (χ3v) is 3.87. The van der Waals surface area contributed by atoms with E-state index in [1.807, 2.05) is 7.05 Å². The molecule has 18 heavy (non-hydrogen) atoms. The second-order valence-electron chi connectivity index (χ2n) is 4.89. The summed E-state index contributed by atoms with van der Waals surface area (Å²) in [6.07, 6.45) is 1.27. The third-order valence-electron chi connectivity index (χ3n) is 3.15. The fourth-order valence-corrected chi connectivity index (χ4v) is 2.58. The van der Waals surface area contributed by atoms with Crippen LogP contribution < -0.4 is 5.32 Å². The number of hydrogen-bond donors (Lipinski definition) is 1. The zero-order valence-corrected chi connectivity index (χ0v) is 13.9. The number of halogens is 1. The summed E-state index contributed by atoms with van der Waals surface area (Å²) in [5, 5.41) is 3.40. The third kappa shape index (κ3) is 4.86. The topological polar surface area (TPSA) is 21.3 Å². The van der Waals surface area contributed by atoms with Crippen LogP contribution in [-0.4, -0.2) is 25.8 Å². The lowest BCUT2D eigenvalue weighted by Crippen LogP contribution is -2.44. The molecule has 0 aliphatic heterocycles. The largest absolute Gasteiger partial charge is 0.377 e. The molecule has 0 bridgehead atoms. The molecule has 0 saturated carbocycles. The first kappa shape index (κ1) is 15.9. The molecule has 0 radical (unpaired) electrons. The molecule has 0 aromatic heterocycles. The molecular formula is C15H24INO. The van der Waals surface area contributed by atoms with Crippen molar-refractivity contribution in [2.24, 2.45) is 5.92 Å². The van der Waals surface area contributed by atoms with Gasteiger partial charge in [0.1, 0.15) is 0 Å². The molecule has 2 nitrogen and oxygen atoms in total. The normalized spacial score (nSPS) is 14.8. The summed E-state index contributed by atoms with van der Waals surface area (Å²) in [5.74, 6) is 0.520. The van der Waals surface area contributed by atoms with Gasteiger partial charge in [-0.1, -0.05) is 26.0 Å². The van der Waals surface area contributed by atoms with E-state index in [9.17, 15) is 0 Å². The van der Waals surface area contributed by atoms with E-state index >= 15 is 0 Å². The number of nitrogens with one attached hydrogen (secondary N) is 1. The van der Waals surface area contributed by atoms with Gasteiger partial charge in [0, 0.05) is 16.2 Å². The number of hydrogen-bond acceptors (Lipinski definition) is 2. The highest BCUT2D eigenvalue weighted by atomic mass is 127. The standard InChI is InChI=1S/C15H24INO/c1-5-18-15(11(2)3)14(17-4)10-12-6-8-13(16)9-7-12/h6-9,11,14-15,17H,5,10H2,1-4H3. The fourth-order valence-electron chi connectivity index (χ4n) is 2.22. The molecule has 2 unspecified atom stereocenters. The van der Waals surface area contributed by atoms with Gasteiger partial charge in [0.25, 0.3) is 0 Å². The summed E-state index contributed by atoms with van der Waals surface area (Å²) in [5.41, 5.74) is 1.36. The molecule has 1 aromatic carbocycles. The van der Waals surface area contributed by atoms with Gasteiger partial charge in [-0.25, -0.2) is 0 Å². The summed E-state index contributed by atoms with van der Waals surface area (Å²) in [7, 11) is 2.02. The first-order chi connectivity index (χ1) is 8.58. The molecule has 2 atom stereocenters. The summed E-state index contributed by atoms with van der Waals surface area (Å²) in [6, 6.07) is 9.09. The minimum absolute atomic E-state index is 0.263. The molecule has 0 aliphatic carbocycles. The van der Waals surface area contributed by atoms with Crippen LogP contribution in [-0.2, 0) is 11.2 Å². The van der Waals surface area contributed by atoms with E-state index in [2.05, 4.69) is 72.9 Å². The first-order valence-electron chi connectivity index (χ1n) is 6.61. The van der Waals surface area contributed by atoms with E-state index < -0.39 is 0 Å². The summed E-state index contributed by atoms with van der Waals surface area (Å²) in [4.78, 5) is 0. The molecule has 0 aliphatic rings. The zero-order chi connectivity index (χ0) is 13.5. The summed E-state index contributed by atoms with van der Waals surface area (Å²) in [6.45, 7) is 7.28. The van der Waals surface area contributed by atoms with E-state index in [4.69, 9.17) is 4.74 Å². The maximum absolute atomic E-state index is 5.89. The Labute approximate surface area is 125 Å². The minimum atomic E-state index is 0.263. The van der Waals surface area contributed by atoms with Crippen LogP contribution in [0.2, 0.25) is 0 Å². The average Bonchev–Trinajstić information content (AvgIpc) is 2.35. The van der Waals surface area contributed by atoms with Crippen molar-refractivity contribution in [3.8, 4) is 0 Å². The van der Waals surface area contributed by atoms with Crippen LogP contribution in [0.25, 0.3) is 0 Å². The van der Waals surface area contributed by atoms with Crippen molar-refractivity contribution in [3.05, 3.63) is 33.4 Å². The lowest BCUT2D eigenvalue weighted by Gasteiger charge is -2.30. The number of likely N-dealkylation sites (N-methyl/N-ethyl adjacent to an activating group) is 1. The van der Waals surface area contributed by atoms with Gasteiger partial charge in [-0.2, -0.15) is 0 Å². The number of benzene rings is 1. The van der Waals surface area contributed by atoms with Crippen LogP contribution in [0.4, 0.5) is 0 Å². The fraction of sp³-hybridized carbons (Fsp3) is 0.600. The molecule has 1 rings (SSSR count). The van der Waals surface area contributed by atoms with Crippen molar-refractivity contribution in [2.45, 2.75) is 39.3 Å². The lowest BCUT2D eigenvalue weighted by molar-refractivity contribution is 0.00535. The van der Waals surface area contributed by atoms with Gasteiger partial charge in [0.15, 0.2) is 0 Å². The first-order valence-corrected chi connectivity index (χ1v) is 7.69. The Balaban J connectivity index is 2.72. The van der Waals surface area contributed by atoms with E-state index in [1.165, 1.54) is 9.13 Å². The molecule has 1 N–H and O–H groups in total. The Bertz CT molecular complexity index is 337. The van der Waals surface area contributed by atoms with Gasteiger partial charge in [-0.15, -0.1) is 0 Å². The van der Waals surface area contributed by atoms with Crippen molar-refractivity contribution < 1.29 is 4.74 Å². The highest BCUT2D eigenvalue weighted by Crippen LogP contribution is 2.16. The highest BCUT2D eigenvalue weighted by molar-refractivity contribution is 14.1. The van der Waals surface area contributed by atoms with Crippen molar-refractivity contribution in [1.29, 1.82) is 0 Å². The maximum Gasteiger partial charge on any atom is 0.0753 e. The minimum Gasteiger partial charge on any atom is -0.377 e. The van der Waals surface area contributed by atoms with Gasteiger partial charge in [-0.3, -0.25) is 0 Å². The van der Waals surface area contributed by atoms with E-state index in [-0.39, 0.29) is 6.10 Å². The molecule has 0 spiro atoms. The summed E-state index contributed by atoms with van der Waals surface area (Å²) >= 11 is 2.34. The van der Waals surface area contributed by atoms with Crippen LogP contribution >= 0.6 is 22.6 Å². The molecule has 0 saturated heterocycles. The summed E-state index contributed by atoms with van der Waals surface area (Å²) < 4.78 is 7.17. The maximum atomic E-state index is 5.89. The Morgan fingerprint density at radius 3 is 2.28 bits per heavy atom. The Morgan fingerprint density at radius 2 is 1.83 bits per heavy atom. The van der Waals surface area contributed by atoms with Crippen LogP contribution in [0, 0.1) is 9.49 Å². The molecule has 0 heterocycles. The van der Waals surface area contributed by atoms with Gasteiger partial charge in [0.05, 0.1) is 6.10 Å². The van der Waals surface area contributed by atoms with E-state index in [1.54, 1.807) is 0 Å². The van der Waals surface area contributed by atoms with Crippen molar-refractivity contribution in [2.75, 3.05) is 13.7 Å². The van der Waals surface area contributed by atoms with Crippen LogP contribution in [0.5, 0.6) is 0 Å². The molecular weight excluding hydrogens is 337 g/mol. The lowest BCUT2D eigenvalue weighted by atomic mass is 9.94. The second-order valence-corrected chi connectivity index (χ2v) is 6.14. The van der Waals surface area contributed by atoms with Crippen LogP contribution in [0.3, 0.4) is 0 Å². The molecule has 0 amide bonds. The quantitative estimate of drug-likeness (QED) is 0.751. The van der Waals surface area contributed by atoms with Gasteiger partial charge < -0.3 is 10.1 Å². The van der Waals surface area contributed by atoms with Crippen molar-refractivity contribution in [1.82, 2.24) is 5.32 Å². The number of ether oxygens (including phenoxy) is 1. The smallest absolute Gasteiger partial charge is 0.0753 e. The monoisotopic (exact) mass is 361 g/mol. The van der Waals surface area contributed by atoms with Crippen LogP contribution in [0.1, 0.15) is 26.3 Å². The van der Waals surface area contributed by atoms with Crippen molar-refractivity contribution >= 4 is 22.6 Å². The number of rotatable bonds is 7. The Hall–Kier alpha value is -0.130. The SMILES string of the molecule is CCOC(C(C)C)C(Cc1ccc(I)cc1)NC. The van der Waals surface area contributed by atoms with E-state index in [0.717, 1.165) is 13.0 Å². The molecule has 3 heteroatoms. The van der Waals surface area contributed by atoms with Crippen molar-refractivity contribution in [3.63, 3.8) is 0 Å². The molecule has 102 valence electrons. The van der Waals surface area contributed by atoms with Gasteiger partial charge >= 0.3 is 0 Å². The Morgan fingerprint density at radius 1 is 1.22 bits per heavy atom. The van der Waals surface area contributed by atoms with Crippen LogP contribution in [0.15, 0.2) is 24.3 Å². The predicted octanol–water partition coefficient (Wildman–Crippen LogP) is 3.48. The van der Waals surface area contributed by atoms with E-state index in [0.29, 0.717) is 12.0 Å². The molecule has 1 aromatic rings. The highest BCUT2D eigenvalue weighted by Gasteiger charge is 2.23. The average molecular weight is 361 g/mol.